The van der Waals surface area contributed by atoms with Crippen molar-refractivity contribution in [3.05, 3.63) is 78.9 Å². The first kappa shape index (κ1) is 14.8. The lowest BCUT2D eigenvalue weighted by atomic mass is 10.2. The smallest absolute Gasteiger partial charge is 0.616 e. The van der Waals surface area contributed by atoms with Crippen molar-refractivity contribution in [3.63, 3.8) is 0 Å². The third kappa shape index (κ3) is 3.14. The molecule has 0 bridgehead atoms. The molecule has 3 aromatic carbocycles. The molecule has 115 valence electrons. The molecule has 0 saturated heterocycles. The van der Waals surface area contributed by atoms with Crippen LogP contribution in [0.3, 0.4) is 0 Å². The summed E-state index contributed by atoms with van der Waals surface area (Å²) in [6, 6.07) is 25.0. The molecule has 1 radical (unpaired) electrons. The second-order valence-electron chi connectivity index (χ2n) is 5.13. The Morgan fingerprint density at radius 2 is 1.50 bits per heavy atom. The van der Waals surface area contributed by atoms with Crippen LogP contribution in [0.25, 0.3) is 22.6 Å². The van der Waals surface area contributed by atoms with Crippen LogP contribution in [0.4, 0.5) is 0 Å². The summed E-state index contributed by atoms with van der Waals surface area (Å²) in [5.74, 6) is 2.05. The number of aromatic nitrogens is 1. The highest BCUT2D eigenvalue weighted by Crippen LogP contribution is 2.31. The summed E-state index contributed by atoms with van der Waals surface area (Å²) in [6.45, 7) is 0. The number of nitrogens with zero attached hydrogens (tertiary/aromatic N) is 1. The van der Waals surface area contributed by atoms with Crippen LogP contribution in [-0.2, 0) is 0 Å². The number of hydrogen-bond acceptors (Lipinski definition) is 4. The van der Waals surface area contributed by atoms with Crippen LogP contribution >= 0.6 is 0 Å². The third-order valence-corrected chi connectivity index (χ3v) is 4.23. The fourth-order valence-electron chi connectivity index (χ4n) is 2.36. The zero-order chi connectivity index (χ0) is 16.2. The van der Waals surface area contributed by atoms with Crippen LogP contribution in [0.15, 0.2) is 83.3 Å². The first-order chi connectivity index (χ1) is 11.9. The number of fused-ring (bicyclic) bond motifs is 1. The minimum atomic E-state index is -0.681. The molecule has 4 nitrogen and oxygen atoms in total. The van der Waals surface area contributed by atoms with Crippen molar-refractivity contribution in [2.45, 2.75) is 0 Å². The van der Waals surface area contributed by atoms with Gasteiger partial charge in [0.05, 0.1) is 17.1 Å². The van der Waals surface area contributed by atoms with Gasteiger partial charge in [-0.3, -0.25) is 0 Å². The predicted octanol–water partition coefficient (Wildman–Crippen LogP) is 4.49. The summed E-state index contributed by atoms with van der Waals surface area (Å²) < 4.78 is 17.4. The van der Waals surface area contributed by atoms with Crippen LogP contribution in [0, 0.1) is 0 Å². The van der Waals surface area contributed by atoms with Gasteiger partial charge in [-0.15, -0.1) is 0 Å². The molecule has 4 aromatic rings. The van der Waals surface area contributed by atoms with Gasteiger partial charge in [-0.05, 0) is 36.4 Å². The van der Waals surface area contributed by atoms with E-state index in [0.717, 1.165) is 22.4 Å². The van der Waals surface area contributed by atoms with Crippen molar-refractivity contribution in [3.8, 4) is 23.0 Å². The van der Waals surface area contributed by atoms with Crippen LogP contribution in [-0.4, -0.2) is 20.9 Å². The molecule has 5 heteroatoms. The zero-order valence-corrected chi connectivity index (χ0v) is 13.9. The number of para-hydroxylation sites is 4. The van der Waals surface area contributed by atoms with Gasteiger partial charge in [-0.2, -0.15) is 0 Å². The summed E-state index contributed by atoms with van der Waals surface area (Å²) in [7, 11) is 0. The molecular formula is C19H13AlNO3. The Kier molecular flexibility index (Phi) is 4.20. The monoisotopic (exact) mass is 330 g/mol. The summed E-state index contributed by atoms with van der Waals surface area (Å²) in [5.41, 5.74) is 2.41. The fraction of sp³-hybridized carbons (Fsp3) is 0. The molecule has 24 heavy (non-hydrogen) atoms. The highest BCUT2D eigenvalue weighted by Gasteiger charge is 2.14. The molecule has 0 saturated carbocycles. The van der Waals surface area contributed by atoms with Gasteiger partial charge in [-0.1, -0.05) is 42.5 Å². The summed E-state index contributed by atoms with van der Waals surface area (Å²) in [4.78, 5) is 4.53. The normalized spacial score (nSPS) is 10.5. The van der Waals surface area contributed by atoms with Crippen molar-refractivity contribution in [2.75, 3.05) is 0 Å². The molecule has 4 rings (SSSR count). The van der Waals surface area contributed by atoms with Crippen molar-refractivity contribution < 1.29 is 12.0 Å². The average molecular weight is 330 g/mol. The molecule has 0 unspecified atom stereocenters. The third-order valence-electron chi connectivity index (χ3n) is 3.51. The van der Waals surface area contributed by atoms with Gasteiger partial charge in [0.2, 0.25) is 5.89 Å². The molecule has 0 aliphatic rings. The standard InChI is InChI=1S/C13H9NO2.C6H6O.Al/c15-11-7-3-1-5-9(11)13-14-10-6-2-4-8-12(10)16-13;7-6-4-2-1-3-5-6;/h1-8,15H;1-5,7H;/q;;+2/p-2. The van der Waals surface area contributed by atoms with Gasteiger partial charge < -0.3 is 12.0 Å². The maximum atomic E-state index is 5.85. The van der Waals surface area contributed by atoms with Crippen molar-refractivity contribution in [1.82, 2.24) is 4.98 Å². The molecule has 0 amide bonds. The van der Waals surface area contributed by atoms with Crippen molar-refractivity contribution in [2.24, 2.45) is 0 Å². The molecule has 1 heterocycles. The van der Waals surface area contributed by atoms with E-state index in [1.165, 1.54) is 0 Å². The Morgan fingerprint density at radius 1 is 0.750 bits per heavy atom. The van der Waals surface area contributed by atoms with E-state index >= 15 is 0 Å². The van der Waals surface area contributed by atoms with Crippen LogP contribution in [0.2, 0.25) is 0 Å². The predicted molar refractivity (Wildman–Crippen MR) is 92.9 cm³/mol. The van der Waals surface area contributed by atoms with E-state index in [4.69, 9.17) is 12.0 Å². The lowest BCUT2D eigenvalue weighted by molar-refractivity contribution is 0.458. The van der Waals surface area contributed by atoms with E-state index < -0.39 is 15.9 Å². The minimum absolute atomic E-state index is 0.547. The maximum Gasteiger partial charge on any atom is 0.881 e. The molecule has 0 fully saturated rings. The second-order valence-corrected chi connectivity index (χ2v) is 5.79. The Labute approximate surface area is 146 Å². The Hall–Kier alpha value is -2.74. The fourth-order valence-corrected chi connectivity index (χ4v) is 2.99. The highest BCUT2D eigenvalue weighted by molar-refractivity contribution is 6.21. The molecular weight excluding hydrogens is 317 g/mol. The maximum absolute atomic E-state index is 5.85. The Morgan fingerprint density at radius 3 is 2.38 bits per heavy atom. The Bertz CT molecular complexity index is 920. The summed E-state index contributed by atoms with van der Waals surface area (Å²) >= 11 is -0.681. The summed E-state index contributed by atoms with van der Waals surface area (Å²) in [5, 5.41) is 0. The topological polar surface area (TPSA) is 44.5 Å². The molecule has 0 aliphatic carbocycles. The van der Waals surface area contributed by atoms with Gasteiger partial charge in [0.15, 0.2) is 5.58 Å². The number of hydrogen-bond donors (Lipinski definition) is 0. The van der Waals surface area contributed by atoms with E-state index in [1.54, 1.807) is 0 Å². The van der Waals surface area contributed by atoms with Crippen LogP contribution in [0.1, 0.15) is 0 Å². The lowest BCUT2D eigenvalue weighted by Gasteiger charge is -2.10. The van der Waals surface area contributed by atoms with E-state index in [1.807, 2.05) is 78.9 Å². The number of benzene rings is 3. The quantitative estimate of drug-likeness (QED) is 0.506. The number of oxazole rings is 1. The average Bonchev–Trinajstić information content (AvgIpc) is 3.07. The molecule has 0 N–H and O–H groups in total. The zero-order valence-electron chi connectivity index (χ0n) is 12.8. The minimum Gasteiger partial charge on any atom is -0.616 e. The second kappa shape index (κ2) is 6.80. The van der Waals surface area contributed by atoms with E-state index in [2.05, 4.69) is 4.98 Å². The van der Waals surface area contributed by atoms with Gasteiger partial charge in [0, 0.05) is 0 Å². The largest absolute Gasteiger partial charge is 0.881 e. The van der Waals surface area contributed by atoms with E-state index in [0.29, 0.717) is 11.6 Å². The van der Waals surface area contributed by atoms with Gasteiger partial charge >= 0.3 is 15.9 Å². The van der Waals surface area contributed by atoms with Crippen molar-refractivity contribution in [1.29, 1.82) is 0 Å². The van der Waals surface area contributed by atoms with E-state index in [9.17, 15) is 0 Å². The SMILES string of the molecule is c1ccc([O][Al][O]c2ccccc2-c2nc3ccccc3o2)cc1. The molecule has 0 atom stereocenters. The van der Waals surface area contributed by atoms with Crippen LogP contribution in [0.5, 0.6) is 11.5 Å². The first-order valence-electron chi connectivity index (χ1n) is 7.55. The molecule has 0 spiro atoms. The molecule has 0 aliphatic heterocycles. The molecule has 1 aromatic heterocycles. The van der Waals surface area contributed by atoms with Crippen LogP contribution < -0.4 is 7.58 Å². The van der Waals surface area contributed by atoms with Gasteiger partial charge in [0.1, 0.15) is 5.52 Å². The highest BCUT2D eigenvalue weighted by atomic mass is 27.2. The first-order valence-corrected chi connectivity index (χ1v) is 8.49. The summed E-state index contributed by atoms with van der Waals surface area (Å²) in [6.07, 6.45) is 0. The van der Waals surface area contributed by atoms with Gasteiger partial charge in [-0.25, -0.2) is 4.98 Å². The Balaban J connectivity index is 1.56. The van der Waals surface area contributed by atoms with Gasteiger partial charge in [0.25, 0.3) is 0 Å². The van der Waals surface area contributed by atoms with E-state index in [-0.39, 0.29) is 0 Å². The lowest BCUT2D eigenvalue weighted by Crippen LogP contribution is -2.11. The van der Waals surface area contributed by atoms with Crippen molar-refractivity contribution >= 4 is 27.0 Å². The number of rotatable bonds is 5.